The van der Waals surface area contributed by atoms with E-state index in [-0.39, 0.29) is 5.69 Å². The van der Waals surface area contributed by atoms with E-state index in [0.717, 1.165) is 19.2 Å². The molecule has 0 N–H and O–H groups in total. The fourth-order valence-corrected chi connectivity index (χ4v) is 2.47. The molecular formula is C13H18FN3O2. The van der Waals surface area contributed by atoms with E-state index in [1.807, 2.05) is 4.90 Å². The van der Waals surface area contributed by atoms with Crippen LogP contribution >= 0.6 is 0 Å². The van der Waals surface area contributed by atoms with Gasteiger partial charge in [-0.1, -0.05) is 0 Å². The highest BCUT2D eigenvalue weighted by molar-refractivity contribution is 5.53. The molecule has 1 aromatic rings. The van der Waals surface area contributed by atoms with Crippen LogP contribution in [0.3, 0.4) is 0 Å². The minimum absolute atomic E-state index is 0.212. The Bertz CT molecular complexity index is 483. The van der Waals surface area contributed by atoms with Gasteiger partial charge in [0.05, 0.1) is 16.7 Å². The molecule has 2 atom stereocenters. The second-order valence-corrected chi connectivity index (χ2v) is 5.16. The lowest BCUT2D eigenvalue weighted by Crippen LogP contribution is -2.55. The first-order valence-electron chi connectivity index (χ1n) is 6.31. The Kier molecular flexibility index (Phi) is 3.71. The molecule has 1 heterocycles. The predicted octanol–water partition coefficient (Wildman–Crippen LogP) is 2.26. The van der Waals surface area contributed by atoms with Gasteiger partial charge in [0.1, 0.15) is 0 Å². The maximum Gasteiger partial charge on any atom is 0.272 e. The molecule has 1 aromatic carbocycles. The molecule has 2 unspecified atom stereocenters. The summed E-state index contributed by atoms with van der Waals surface area (Å²) >= 11 is 0. The number of non-ortho nitro benzene ring substituents is 1. The average Bonchev–Trinajstić information content (AvgIpc) is 2.35. The largest absolute Gasteiger partial charge is 0.366 e. The fourth-order valence-electron chi connectivity index (χ4n) is 2.47. The Hall–Kier alpha value is -1.69. The zero-order valence-electron chi connectivity index (χ0n) is 11.3. The van der Waals surface area contributed by atoms with Gasteiger partial charge in [0.2, 0.25) is 0 Å². The Labute approximate surface area is 111 Å². The highest BCUT2D eigenvalue weighted by atomic mass is 19.1. The van der Waals surface area contributed by atoms with Crippen LogP contribution in [-0.4, -0.2) is 42.0 Å². The van der Waals surface area contributed by atoms with Crippen molar-refractivity contribution in [2.24, 2.45) is 0 Å². The van der Waals surface area contributed by atoms with Crippen LogP contribution in [0.4, 0.5) is 15.8 Å². The Balaban J connectivity index is 2.25. The van der Waals surface area contributed by atoms with E-state index in [4.69, 9.17) is 0 Å². The van der Waals surface area contributed by atoms with Crippen molar-refractivity contribution in [1.29, 1.82) is 0 Å². The summed E-state index contributed by atoms with van der Waals surface area (Å²) in [7, 11) is 2.05. The monoisotopic (exact) mass is 267 g/mol. The smallest absolute Gasteiger partial charge is 0.272 e. The molecule has 19 heavy (non-hydrogen) atoms. The van der Waals surface area contributed by atoms with Crippen LogP contribution in [0.15, 0.2) is 18.2 Å². The molecule has 1 aliphatic rings. The van der Waals surface area contributed by atoms with Crippen LogP contribution < -0.4 is 4.90 Å². The van der Waals surface area contributed by atoms with E-state index in [0.29, 0.717) is 17.8 Å². The summed E-state index contributed by atoms with van der Waals surface area (Å²) in [6.07, 6.45) is 0. The van der Waals surface area contributed by atoms with E-state index in [2.05, 4.69) is 25.8 Å². The third-order valence-corrected chi connectivity index (χ3v) is 3.84. The molecule has 0 bridgehead atoms. The first-order chi connectivity index (χ1) is 8.90. The van der Waals surface area contributed by atoms with Crippen LogP contribution in [0.1, 0.15) is 13.8 Å². The number of rotatable bonds is 2. The third-order valence-electron chi connectivity index (χ3n) is 3.84. The number of benzene rings is 1. The first-order valence-corrected chi connectivity index (χ1v) is 6.31. The Morgan fingerprint density at radius 3 is 2.37 bits per heavy atom. The highest BCUT2D eigenvalue weighted by Crippen LogP contribution is 2.27. The predicted molar refractivity (Wildman–Crippen MR) is 72.0 cm³/mol. The van der Waals surface area contributed by atoms with Gasteiger partial charge in [0, 0.05) is 31.2 Å². The van der Waals surface area contributed by atoms with Gasteiger partial charge in [-0.2, -0.15) is 0 Å². The quantitative estimate of drug-likeness (QED) is 0.609. The second-order valence-electron chi connectivity index (χ2n) is 5.16. The number of nitro groups is 1. The second kappa shape index (κ2) is 5.13. The van der Waals surface area contributed by atoms with E-state index >= 15 is 0 Å². The zero-order valence-corrected chi connectivity index (χ0v) is 11.3. The summed E-state index contributed by atoms with van der Waals surface area (Å²) in [5, 5.41) is 10.6. The summed E-state index contributed by atoms with van der Waals surface area (Å²) in [6.45, 7) is 5.61. The molecule has 6 heteroatoms. The number of piperazine rings is 1. The van der Waals surface area contributed by atoms with E-state index < -0.39 is 10.7 Å². The lowest BCUT2D eigenvalue weighted by molar-refractivity contribution is -0.385. The molecule has 0 aliphatic carbocycles. The highest BCUT2D eigenvalue weighted by Gasteiger charge is 2.28. The van der Waals surface area contributed by atoms with Gasteiger partial charge in [-0.15, -0.1) is 0 Å². The summed E-state index contributed by atoms with van der Waals surface area (Å²) in [5.41, 5.74) is 0.230. The minimum atomic E-state index is -0.581. The lowest BCUT2D eigenvalue weighted by atomic mass is 10.1. The molecular weight excluding hydrogens is 249 g/mol. The van der Waals surface area contributed by atoms with Crippen molar-refractivity contribution in [3.63, 3.8) is 0 Å². The summed E-state index contributed by atoms with van der Waals surface area (Å²) in [5.74, 6) is -0.529. The van der Waals surface area contributed by atoms with Crippen molar-refractivity contribution >= 4 is 11.4 Å². The maximum atomic E-state index is 14.0. The normalized spacial score (nSPS) is 24.5. The lowest BCUT2D eigenvalue weighted by Gasteiger charge is -2.43. The van der Waals surface area contributed by atoms with Crippen molar-refractivity contribution < 1.29 is 9.31 Å². The van der Waals surface area contributed by atoms with Gasteiger partial charge in [0.25, 0.3) is 5.69 Å². The van der Waals surface area contributed by atoms with Crippen molar-refractivity contribution in [1.82, 2.24) is 4.90 Å². The van der Waals surface area contributed by atoms with Gasteiger partial charge < -0.3 is 4.90 Å². The summed E-state index contributed by atoms with van der Waals surface area (Å²) < 4.78 is 14.0. The van der Waals surface area contributed by atoms with Crippen molar-refractivity contribution in [3.05, 3.63) is 34.1 Å². The van der Waals surface area contributed by atoms with Gasteiger partial charge in [-0.05, 0) is 27.0 Å². The number of nitro benzene ring substituents is 1. The van der Waals surface area contributed by atoms with E-state index in [9.17, 15) is 14.5 Å². The minimum Gasteiger partial charge on any atom is -0.366 e. The molecule has 0 spiro atoms. The van der Waals surface area contributed by atoms with Crippen LogP contribution in [0.2, 0.25) is 0 Å². The summed E-state index contributed by atoms with van der Waals surface area (Å²) in [4.78, 5) is 14.2. The topological polar surface area (TPSA) is 49.6 Å². The van der Waals surface area contributed by atoms with Crippen LogP contribution in [-0.2, 0) is 0 Å². The number of likely N-dealkylation sites (N-methyl/N-ethyl adjacent to an activating group) is 1. The average molecular weight is 267 g/mol. The molecule has 2 rings (SSSR count). The Morgan fingerprint density at radius 2 is 1.89 bits per heavy atom. The van der Waals surface area contributed by atoms with Crippen LogP contribution in [0.25, 0.3) is 0 Å². The number of hydrogen-bond donors (Lipinski definition) is 0. The molecule has 0 radical (unpaired) electrons. The van der Waals surface area contributed by atoms with Crippen LogP contribution in [0, 0.1) is 15.9 Å². The number of anilines is 1. The zero-order chi connectivity index (χ0) is 14.2. The molecule has 1 fully saturated rings. The Morgan fingerprint density at radius 1 is 1.32 bits per heavy atom. The summed E-state index contributed by atoms with van der Waals surface area (Å²) in [6, 6.07) is 4.48. The SMILES string of the molecule is CC1CN(c2ccc([N+](=O)[O-])cc2F)CC(C)N1C. The molecule has 0 aromatic heterocycles. The van der Waals surface area contributed by atoms with Gasteiger partial charge in [-0.25, -0.2) is 4.39 Å². The van der Waals surface area contributed by atoms with Gasteiger partial charge >= 0.3 is 0 Å². The number of hydrogen-bond acceptors (Lipinski definition) is 4. The van der Waals surface area contributed by atoms with Crippen molar-refractivity contribution in [2.45, 2.75) is 25.9 Å². The molecule has 1 saturated heterocycles. The molecule has 104 valence electrons. The molecule has 0 amide bonds. The van der Waals surface area contributed by atoms with Gasteiger partial charge in [-0.3, -0.25) is 15.0 Å². The standard InChI is InChI=1S/C13H18FN3O2/c1-9-7-16(8-10(2)15(9)3)13-5-4-11(17(18)19)6-12(13)14/h4-6,9-10H,7-8H2,1-3H3. The molecule has 1 aliphatic heterocycles. The third kappa shape index (κ3) is 2.68. The molecule has 0 saturated carbocycles. The fraction of sp³-hybridized carbons (Fsp3) is 0.538. The van der Waals surface area contributed by atoms with Crippen molar-refractivity contribution in [2.75, 3.05) is 25.0 Å². The van der Waals surface area contributed by atoms with Crippen molar-refractivity contribution in [3.8, 4) is 0 Å². The van der Waals surface area contributed by atoms with Gasteiger partial charge in [0.15, 0.2) is 5.82 Å². The molecule has 5 nitrogen and oxygen atoms in total. The number of halogens is 1. The van der Waals surface area contributed by atoms with Crippen LogP contribution in [0.5, 0.6) is 0 Å². The van der Waals surface area contributed by atoms with E-state index in [1.54, 1.807) is 0 Å². The maximum absolute atomic E-state index is 14.0. The van der Waals surface area contributed by atoms with E-state index in [1.165, 1.54) is 12.1 Å². The first kappa shape index (κ1) is 13.7. The number of nitrogens with zero attached hydrogens (tertiary/aromatic N) is 3.